The monoisotopic (exact) mass is 206 g/mol. The summed E-state index contributed by atoms with van der Waals surface area (Å²) in [5.74, 6) is 0.276. The van der Waals surface area contributed by atoms with Gasteiger partial charge in [-0.05, 0) is 24.8 Å². The van der Waals surface area contributed by atoms with Gasteiger partial charge < -0.3 is 4.74 Å². The molecule has 1 rings (SSSR count). The predicted molar refractivity (Wildman–Crippen MR) is 60.8 cm³/mol. The van der Waals surface area contributed by atoms with Crippen LogP contribution in [0, 0.1) is 6.92 Å². The molecule has 0 heterocycles. The topological polar surface area (TPSA) is 26.3 Å². The predicted octanol–water partition coefficient (Wildman–Crippen LogP) is 3.05. The fourth-order valence-electron chi connectivity index (χ4n) is 1.58. The Balaban J connectivity index is 2.53. The number of carbonyl (C=O) groups is 1. The summed E-state index contributed by atoms with van der Waals surface area (Å²) in [6.07, 6.45) is 1.34. The van der Waals surface area contributed by atoms with Crippen LogP contribution in [0.5, 0.6) is 0 Å². The minimum Gasteiger partial charge on any atom is -0.469 e. The van der Waals surface area contributed by atoms with E-state index in [4.69, 9.17) is 0 Å². The van der Waals surface area contributed by atoms with Crippen LogP contribution in [0.25, 0.3) is 0 Å². The minimum atomic E-state index is -0.130. The molecule has 0 saturated carbocycles. The third-order valence-corrected chi connectivity index (χ3v) is 2.62. The average Bonchev–Trinajstić information content (AvgIpc) is 2.25. The molecule has 0 aliphatic heterocycles. The van der Waals surface area contributed by atoms with E-state index in [0.717, 1.165) is 6.42 Å². The van der Waals surface area contributed by atoms with E-state index in [-0.39, 0.29) is 5.97 Å². The molecular weight excluding hydrogens is 188 g/mol. The van der Waals surface area contributed by atoms with Crippen LogP contribution in [0.15, 0.2) is 24.3 Å². The van der Waals surface area contributed by atoms with Crippen molar-refractivity contribution in [3.05, 3.63) is 35.4 Å². The quantitative estimate of drug-likeness (QED) is 0.708. The lowest BCUT2D eigenvalue weighted by atomic mass is 9.95. The van der Waals surface area contributed by atoms with Crippen LogP contribution in [-0.4, -0.2) is 13.1 Å². The zero-order valence-electron chi connectivity index (χ0n) is 9.62. The molecule has 2 heteroatoms. The van der Waals surface area contributed by atoms with Crippen molar-refractivity contribution < 1.29 is 9.53 Å². The van der Waals surface area contributed by atoms with Crippen molar-refractivity contribution in [2.45, 2.75) is 32.6 Å². The van der Waals surface area contributed by atoms with E-state index < -0.39 is 0 Å². The van der Waals surface area contributed by atoms with Gasteiger partial charge in [-0.15, -0.1) is 0 Å². The van der Waals surface area contributed by atoms with E-state index in [2.05, 4.69) is 42.8 Å². The molecule has 1 aromatic carbocycles. The van der Waals surface area contributed by atoms with Gasteiger partial charge in [-0.1, -0.05) is 36.8 Å². The Bertz CT molecular complexity index is 331. The largest absolute Gasteiger partial charge is 0.469 e. The summed E-state index contributed by atoms with van der Waals surface area (Å²) < 4.78 is 4.62. The van der Waals surface area contributed by atoms with Crippen molar-refractivity contribution in [2.24, 2.45) is 0 Å². The first kappa shape index (κ1) is 11.8. The molecule has 82 valence electrons. The van der Waals surface area contributed by atoms with Crippen molar-refractivity contribution in [1.29, 1.82) is 0 Å². The van der Waals surface area contributed by atoms with Crippen LogP contribution in [-0.2, 0) is 9.53 Å². The molecule has 0 fully saturated rings. The Morgan fingerprint density at radius 1 is 1.47 bits per heavy atom. The van der Waals surface area contributed by atoms with E-state index in [1.54, 1.807) is 0 Å². The first-order valence-corrected chi connectivity index (χ1v) is 5.27. The molecule has 0 aliphatic rings. The van der Waals surface area contributed by atoms with Crippen LogP contribution in [0.3, 0.4) is 0 Å². The third kappa shape index (κ3) is 3.74. The zero-order chi connectivity index (χ0) is 11.3. The van der Waals surface area contributed by atoms with Gasteiger partial charge in [-0.25, -0.2) is 0 Å². The Morgan fingerprint density at radius 2 is 2.20 bits per heavy atom. The van der Waals surface area contributed by atoms with Crippen molar-refractivity contribution in [3.8, 4) is 0 Å². The van der Waals surface area contributed by atoms with Crippen LogP contribution >= 0.6 is 0 Å². The van der Waals surface area contributed by atoms with E-state index in [9.17, 15) is 4.79 Å². The Kier molecular flexibility index (Phi) is 4.35. The van der Waals surface area contributed by atoms with E-state index in [0.29, 0.717) is 12.3 Å². The maximum atomic E-state index is 11.0. The maximum absolute atomic E-state index is 11.0. The first-order valence-electron chi connectivity index (χ1n) is 5.27. The van der Waals surface area contributed by atoms with Crippen molar-refractivity contribution in [1.82, 2.24) is 0 Å². The molecule has 1 unspecified atom stereocenters. The van der Waals surface area contributed by atoms with Gasteiger partial charge in [0.25, 0.3) is 0 Å². The van der Waals surface area contributed by atoms with E-state index in [1.807, 2.05) is 0 Å². The van der Waals surface area contributed by atoms with Crippen LogP contribution in [0.1, 0.15) is 36.8 Å². The Labute approximate surface area is 91.3 Å². The van der Waals surface area contributed by atoms with Gasteiger partial charge in [0.15, 0.2) is 0 Å². The lowest BCUT2D eigenvalue weighted by Crippen LogP contribution is -2.03. The summed E-state index contributed by atoms with van der Waals surface area (Å²) in [4.78, 5) is 11.0. The summed E-state index contributed by atoms with van der Waals surface area (Å²) in [5.41, 5.74) is 2.55. The van der Waals surface area contributed by atoms with Gasteiger partial charge in [0, 0.05) is 6.42 Å². The third-order valence-electron chi connectivity index (χ3n) is 2.62. The highest BCUT2D eigenvalue weighted by Gasteiger charge is 2.08. The van der Waals surface area contributed by atoms with Gasteiger partial charge in [-0.3, -0.25) is 4.79 Å². The zero-order valence-corrected chi connectivity index (χ0v) is 9.62. The molecule has 0 aromatic heterocycles. The van der Waals surface area contributed by atoms with Crippen LogP contribution < -0.4 is 0 Å². The van der Waals surface area contributed by atoms with E-state index >= 15 is 0 Å². The smallest absolute Gasteiger partial charge is 0.305 e. The van der Waals surface area contributed by atoms with Crippen LogP contribution in [0.4, 0.5) is 0 Å². The minimum absolute atomic E-state index is 0.130. The number of ether oxygens (including phenoxy) is 1. The van der Waals surface area contributed by atoms with Gasteiger partial charge in [0.2, 0.25) is 0 Å². The maximum Gasteiger partial charge on any atom is 0.305 e. The summed E-state index contributed by atoms with van der Waals surface area (Å²) in [5, 5.41) is 0. The van der Waals surface area contributed by atoms with Crippen molar-refractivity contribution in [2.75, 3.05) is 7.11 Å². The molecule has 0 radical (unpaired) electrons. The number of hydrogen-bond donors (Lipinski definition) is 0. The molecule has 0 amide bonds. The molecule has 0 aliphatic carbocycles. The normalized spacial score (nSPS) is 12.2. The fraction of sp³-hybridized carbons (Fsp3) is 0.462. The SMILES string of the molecule is COC(=O)CCC(C)c1cccc(C)c1. The number of benzene rings is 1. The average molecular weight is 206 g/mol. The van der Waals surface area contributed by atoms with Crippen molar-refractivity contribution in [3.63, 3.8) is 0 Å². The number of rotatable bonds is 4. The molecule has 1 atom stereocenters. The molecule has 0 saturated heterocycles. The highest BCUT2D eigenvalue weighted by molar-refractivity contribution is 5.69. The lowest BCUT2D eigenvalue weighted by molar-refractivity contribution is -0.140. The van der Waals surface area contributed by atoms with Crippen molar-refractivity contribution >= 4 is 5.97 Å². The van der Waals surface area contributed by atoms with Gasteiger partial charge in [-0.2, -0.15) is 0 Å². The second-order valence-electron chi connectivity index (χ2n) is 3.93. The number of hydrogen-bond acceptors (Lipinski definition) is 2. The van der Waals surface area contributed by atoms with Gasteiger partial charge in [0.05, 0.1) is 7.11 Å². The molecule has 0 bridgehead atoms. The van der Waals surface area contributed by atoms with Gasteiger partial charge >= 0.3 is 5.97 Å². The molecule has 15 heavy (non-hydrogen) atoms. The summed E-state index contributed by atoms with van der Waals surface area (Å²) >= 11 is 0. The lowest BCUT2D eigenvalue weighted by Gasteiger charge is -2.11. The second-order valence-corrected chi connectivity index (χ2v) is 3.93. The standard InChI is InChI=1S/C13H18O2/c1-10-5-4-6-12(9-10)11(2)7-8-13(14)15-3/h4-6,9,11H,7-8H2,1-3H3. The second kappa shape index (κ2) is 5.54. The summed E-state index contributed by atoms with van der Waals surface area (Å²) in [7, 11) is 1.43. The Hall–Kier alpha value is -1.31. The highest BCUT2D eigenvalue weighted by atomic mass is 16.5. The summed E-state index contributed by atoms with van der Waals surface area (Å²) in [6, 6.07) is 8.41. The Morgan fingerprint density at radius 3 is 2.80 bits per heavy atom. The van der Waals surface area contributed by atoms with Crippen LogP contribution in [0.2, 0.25) is 0 Å². The van der Waals surface area contributed by atoms with Gasteiger partial charge in [0.1, 0.15) is 0 Å². The molecule has 0 spiro atoms. The number of carbonyl (C=O) groups excluding carboxylic acids is 1. The molecular formula is C13H18O2. The number of methoxy groups -OCH3 is 1. The van der Waals surface area contributed by atoms with E-state index in [1.165, 1.54) is 18.2 Å². The molecule has 1 aromatic rings. The number of aryl methyl sites for hydroxylation is 1. The molecule has 2 nitrogen and oxygen atoms in total. The first-order chi connectivity index (χ1) is 7.13. The highest BCUT2D eigenvalue weighted by Crippen LogP contribution is 2.21. The fourth-order valence-corrected chi connectivity index (χ4v) is 1.58. The molecule has 0 N–H and O–H groups in total. The number of esters is 1. The summed E-state index contributed by atoms with van der Waals surface area (Å²) in [6.45, 7) is 4.22.